The van der Waals surface area contributed by atoms with Gasteiger partial charge in [0.05, 0.1) is 29.9 Å². The molecule has 0 saturated carbocycles. The minimum atomic E-state index is -0.547. The summed E-state index contributed by atoms with van der Waals surface area (Å²) in [7, 11) is 0. The van der Waals surface area contributed by atoms with Gasteiger partial charge in [-0.05, 0) is 18.9 Å². The number of carbonyl (C=O) groups excluding carboxylic acids is 1. The van der Waals surface area contributed by atoms with Crippen molar-refractivity contribution in [2.24, 2.45) is 5.73 Å². The molecule has 1 atom stereocenters. The second-order valence-electron chi connectivity index (χ2n) is 4.70. The lowest BCUT2D eigenvalue weighted by Gasteiger charge is -2.33. The summed E-state index contributed by atoms with van der Waals surface area (Å²) in [5, 5.41) is 9.20. The summed E-state index contributed by atoms with van der Waals surface area (Å²) in [6.07, 6.45) is 3.41. The molecule has 0 bridgehead atoms. The van der Waals surface area contributed by atoms with E-state index in [1.54, 1.807) is 0 Å². The molecule has 1 fully saturated rings. The highest BCUT2D eigenvalue weighted by atomic mass is 35.5. The predicted octanol–water partition coefficient (Wildman–Crippen LogP) is 0.812. The molecule has 2 heterocycles. The lowest BCUT2D eigenvalue weighted by molar-refractivity contribution is 0.0213. The average Bonchev–Trinajstić information content (AvgIpc) is 2.45. The van der Waals surface area contributed by atoms with Gasteiger partial charge in [0.1, 0.15) is 5.82 Å². The van der Waals surface area contributed by atoms with Gasteiger partial charge < -0.3 is 20.5 Å². The van der Waals surface area contributed by atoms with Crippen molar-refractivity contribution in [2.75, 3.05) is 31.2 Å². The molecule has 1 aliphatic heterocycles. The van der Waals surface area contributed by atoms with Crippen LogP contribution in [0.25, 0.3) is 0 Å². The molecule has 1 amide bonds. The Balaban J connectivity index is 2.08. The van der Waals surface area contributed by atoms with Gasteiger partial charge in [-0.1, -0.05) is 11.6 Å². The fourth-order valence-electron chi connectivity index (χ4n) is 2.28. The number of piperidine rings is 1. The first-order chi connectivity index (χ1) is 9.61. The zero-order valence-electron chi connectivity index (χ0n) is 11.1. The van der Waals surface area contributed by atoms with Crippen LogP contribution in [-0.2, 0) is 4.74 Å². The standard InChI is InChI=1S/C13H18ClN3O3/c14-11-6-9(12(15)19)7-16-13(11)17-3-1-2-10(8-17)20-5-4-18/h6-7,10,18H,1-5,8H2,(H2,15,19). The Hall–Kier alpha value is -1.37. The first-order valence-electron chi connectivity index (χ1n) is 6.54. The molecule has 3 N–H and O–H groups in total. The van der Waals surface area contributed by atoms with Gasteiger partial charge in [-0.3, -0.25) is 4.79 Å². The van der Waals surface area contributed by atoms with Crippen molar-refractivity contribution >= 4 is 23.3 Å². The molecule has 0 aliphatic carbocycles. The predicted molar refractivity (Wildman–Crippen MR) is 76.0 cm³/mol. The first kappa shape index (κ1) is 15.0. The van der Waals surface area contributed by atoms with Crippen molar-refractivity contribution in [3.05, 3.63) is 22.8 Å². The molecule has 1 unspecified atom stereocenters. The van der Waals surface area contributed by atoms with Crippen LogP contribution in [0.15, 0.2) is 12.3 Å². The summed E-state index contributed by atoms with van der Waals surface area (Å²) in [4.78, 5) is 17.3. The number of aliphatic hydroxyl groups is 1. The maximum Gasteiger partial charge on any atom is 0.250 e. The molecule has 1 aliphatic rings. The molecular formula is C13H18ClN3O3. The summed E-state index contributed by atoms with van der Waals surface area (Å²) in [5.74, 6) is 0.0858. The van der Waals surface area contributed by atoms with Crippen molar-refractivity contribution in [2.45, 2.75) is 18.9 Å². The number of carbonyl (C=O) groups is 1. The second-order valence-corrected chi connectivity index (χ2v) is 5.11. The van der Waals surface area contributed by atoms with E-state index in [1.807, 2.05) is 4.90 Å². The maximum atomic E-state index is 11.1. The molecule has 6 nitrogen and oxygen atoms in total. The molecule has 110 valence electrons. The Kier molecular flexibility index (Phi) is 5.17. The van der Waals surface area contributed by atoms with E-state index in [-0.39, 0.29) is 12.7 Å². The minimum Gasteiger partial charge on any atom is -0.394 e. The molecule has 1 aromatic rings. The van der Waals surface area contributed by atoms with Crippen LogP contribution >= 0.6 is 11.6 Å². The molecule has 20 heavy (non-hydrogen) atoms. The molecule has 2 rings (SSSR count). The number of halogens is 1. The third kappa shape index (κ3) is 3.59. The van der Waals surface area contributed by atoms with Gasteiger partial charge in [-0.25, -0.2) is 4.98 Å². The largest absolute Gasteiger partial charge is 0.394 e. The molecule has 0 aromatic carbocycles. The van der Waals surface area contributed by atoms with E-state index in [0.29, 0.717) is 29.6 Å². The number of hydrogen-bond donors (Lipinski definition) is 2. The van der Waals surface area contributed by atoms with Crippen LogP contribution in [0.2, 0.25) is 5.02 Å². The lowest BCUT2D eigenvalue weighted by atomic mass is 10.1. The zero-order valence-corrected chi connectivity index (χ0v) is 11.8. The van der Waals surface area contributed by atoms with E-state index in [2.05, 4.69) is 4.98 Å². The van der Waals surface area contributed by atoms with Gasteiger partial charge in [-0.15, -0.1) is 0 Å². The molecule has 0 radical (unpaired) electrons. The van der Waals surface area contributed by atoms with Gasteiger partial charge in [-0.2, -0.15) is 0 Å². The van der Waals surface area contributed by atoms with Crippen molar-refractivity contribution in [3.63, 3.8) is 0 Å². The van der Waals surface area contributed by atoms with E-state index < -0.39 is 5.91 Å². The van der Waals surface area contributed by atoms with Gasteiger partial charge in [0.2, 0.25) is 5.91 Å². The normalized spacial score (nSPS) is 19.1. The molecule has 0 spiro atoms. The summed E-state index contributed by atoms with van der Waals surface area (Å²) in [5.41, 5.74) is 5.49. The highest BCUT2D eigenvalue weighted by Crippen LogP contribution is 2.27. The monoisotopic (exact) mass is 299 g/mol. The van der Waals surface area contributed by atoms with Gasteiger partial charge >= 0.3 is 0 Å². The van der Waals surface area contributed by atoms with E-state index in [4.69, 9.17) is 27.2 Å². The SMILES string of the molecule is NC(=O)c1cnc(N2CCCC(OCCO)C2)c(Cl)c1. The average molecular weight is 300 g/mol. The summed E-state index contributed by atoms with van der Waals surface area (Å²) < 4.78 is 5.55. The Morgan fingerprint density at radius 2 is 2.45 bits per heavy atom. The number of anilines is 1. The quantitative estimate of drug-likeness (QED) is 0.840. The summed E-state index contributed by atoms with van der Waals surface area (Å²) in [6.45, 7) is 1.85. The van der Waals surface area contributed by atoms with Crippen molar-refractivity contribution in [1.29, 1.82) is 0 Å². The van der Waals surface area contributed by atoms with Crippen LogP contribution in [0.5, 0.6) is 0 Å². The number of hydrogen-bond acceptors (Lipinski definition) is 5. The Morgan fingerprint density at radius 1 is 1.65 bits per heavy atom. The molecule has 1 aromatic heterocycles. The minimum absolute atomic E-state index is 0.0167. The number of rotatable bonds is 5. The summed E-state index contributed by atoms with van der Waals surface area (Å²) >= 11 is 6.17. The van der Waals surface area contributed by atoms with Crippen LogP contribution in [0.4, 0.5) is 5.82 Å². The fourth-order valence-corrected chi connectivity index (χ4v) is 2.57. The number of aromatic nitrogens is 1. The first-order valence-corrected chi connectivity index (χ1v) is 6.92. The van der Waals surface area contributed by atoms with E-state index in [0.717, 1.165) is 19.4 Å². The van der Waals surface area contributed by atoms with E-state index >= 15 is 0 Å². The number of aliphatic hydroxyl groups excluding tert-OH is 1. The van der Waals surface area contributed by atoms with Crippen LogP contribution in [-0.4, -0.2) is 48.4 Å². The van der Waals surface area contributed by atoms with E-state index in [9.17, 15) is 4.79 Å². The molecule has 7 heteroatoms. The number of nitrogens with two attached hydrogens (primary N) is 1. The highest BCUT2D eigenvalue weighted by Gasteiger charge is 2.23. The molecular weight excluding hydrogens is 282 g/mol. The lowest BCUT2D eigenvalue weighted by Crippen LogP contribution is -2.40. The maximum absolute atomic E-state index is 11.1. The smallest absolute Gasteiger partial charge is 0.250 e. The fraction of sp³-hybridized carbons (Fsp3) is 0.538. The number of nitrogens with zero attached hydrogens (tertiary/aromatic N) is 2. The van der Waals surface area contributed by atoms with Crippen LogP contribution in [0, 0.1) is 0 Å². The van der Waals surface area contributed by atoms with Crippen molar-refractivity contribution in [3.8, 4) is 0 Å². The Labute approximate surface area is 122 Å². The van der Waals surface area contributed by atoms with Gasteiger partial charge in [0.25, 0.3) is 0 Å². The topological polar surface area (TPSA) is 88.7 Å². The number of primary amides is 1. The van der Waals surface area contributed by atoms with Gasteiger partial charge in [0.15, 0.2) is 0 Å². The van der Waals surface area contributed by atoms with Crippen molar-refractivity contribution < 1.29 is 14.6 Å². The third-order valence-corrected chi connectivity index (χ3v) is 3.51. The molecule has 1 saturated heterocycles. The third-order valence-electron chi connectivity index (χ3n) is 3.23. The number of amides is 1. The van der Waals surface area contributed by atoms with Crippen molar-refractivity contribution in [1.82, 2.24) is 4.98 Å². The number of ether oxygens (including phenoxy) is 1. The summed E-state index contributed by atoms with van der Waals surface area (Å²) in [6, 6.07) is 1.53. The van der Waals surface area contributed by atoms with Crippen LogP contribution < -0.4 is 10.6 Å². The van der Waals surface area contributed by atoms with Gasteiger partial charge in [0, 0.05) is 19.3 Å². The Morgan fingerprint density at radius 3 is 3.10 bits per heavy atom. The Bertz CT molecular complexity index is 484. The van der Waals surface area contributed by atoms with Crippen LogP contribution in [0.3, 0.4) is 0 Å². The zero-order chi connectivity index (χ0) is 14.5. The highest BCUT2D eigenvalue weighted by molar-refractivity contribution is 6.33. The second kappa shape index (κ2) is 6.88. The van der Waals surface area contributed by atoms with E-state index in [1.165, 1.54) is 12.3 Å². The van der Waals surface area contributed by atoms with Crippen LogP contribution in [0.1, 0.15) is 23.2 Å². The number of pyridine rings is 1.